The molecule has 100 valence electrons. The number of hydrogen-bond acceptors (Lipinski definition) is 1. The number of benzene rings is 1. The van der Waals surface area contributed by atoms with Gasteiger partial charge in [0.25, 0.3) is 0 Å². The molecule has 0 fully saturated rings. The SMILES string of the molecule is CCC(C)/C(=C\c1ncc[nH]1)c1ccc(Cl)cc1Cl. The van der Waals surface area contributed by atoms with Crippen LogP contribution < -0.4 is 0 Å². The fourth-order valence-electron chi connectivity index (χ4n) is 1.93. The molecule has 19 heavy (non-hydrogen) atoms. The smallest absolute Gasteiger partial charge is 0.130 e. The van der Waals surface area contributed by atoms with E-state index in [2.05, 4.69) is 23.8 Å². The maximum atomic E-state index is 6.31. The molecule has 1 atom stereocenters. The first-order valence-corrected chi connectivity index (χ1v) is 7.03. The van der Waals surface area contributed by atoms with E-state index >= 15 is 0 Å². The Balaban J connectivity index is 2.49. The Morgan fingerprint density at radius 2 is 2.21 bits per heavy atom. The van der Waals surface area contributed by atoms with Gasteiger partial charge in [0, 0.05) is 22.4 Å². The summed E-state index contributed by atoms with van der Waals surface area (Å²) in [7, 11) is 0. The summed E-state index contributed by atoms with van der Waals surface area (Å²) in [4.78, 5) is 7.33. The lowest BCUT2D eigenvalue weighted by Crippen LogP contribution is -1.98. The van der Waals surface area contributed by atoms with Crippen molar-refractivity contribution in [2.45, 2.75) is 20.3 Å². The summed E-state index contributed by atoms with van der Waals surface area (Å²) >= 11 is 12.3. The Morgan fingerprint density at radius 3 is 2.79 bits per heavy atom. The average Bonchev–Trinajstić information content (AvgIpc) is 2.89. The summed E-state index contributed by atoms with van der Waals surface area (Å²) in [6.45, 7) is 4.34. The first-order chi connectivity index (χ1) is 9.11. The van der Waals surface area contributed by atoms with Gasteiger partial charge in [0.05, 0.1) is 0 Å². The Kier molecular flexibility index (Phi) is 4.67. The second kappa shape index (κ2) is 6.27. The van der Waals surface area contributed by atoms with Crippen molar-refractivity contribution in [3.8, 4) is 0 Å². The molecule has 2 aromatic rings. The van der Waals surface area contributed by atoms with Gasteiger partial charge < -0.3 is 4.98 Å². The third-order valence-corrected chi connectivity index (χ3v) is 3.74. The highest BCUT2D eigenvalue weighted by Crippen LogP contribution is 2.33. The summed E-state index contributed by atoms with van der Waals surface area (Å²) in [5, 5.41) is 1.32. The van der Waals surface area contributed by atoms with Gasteiger partial charge in [-0.25, -0.2) is 4.98 Å². The topological polar surface area (TPSA) is 28.7 Å². The number of nitrogens with zero attached hydrogens (tertiary/aromatic N) is 1. The van der Waals surface area contributed by atoms with Crippen LogP contribution in [0.2, 0.25) is 10.0 Å². The molecule has 1 aromatic heterocycles. The number of nitrogens with one attached hydrogen (secondary N) is 1. The Bertz CT molecular complexity index is 574. The standard InChI is InChI=1S/C15H16Cl2N2/c1-3-10(2)13(9-15-18-6-7-19-15)12-5-4-11(16)8-14(12)17/h4-10H,3H2,1-2H3,(H,18,19)/b13-9+. The van der Waals surface area contributed by atoms with Crippen molar-refractivity contribution in [1.82, 2.24) is 9.97 Å². The van der Waals surface area contributed by atoms with Gasteiger partial charge in [0.15, 0.2) is 0 Å². The minimum atomic E-state index is 0.392. The molecule has 0 amide bonds. The number of allylic oxidation sites excluding steroid dienone is 1. The van der Waals surface area contributed by atoms with Crippen LogP contribution in [-0.2, 0) is 0 Å². The van der Waals surface area contributed by atoms with E-state index in [1.165, 1.54) is 5.57 Å². The van der Waals surface area contributed by atoms with E-state index in [1.54, 1.807) is 12.3 Å². The number of hydrogen-bond donors (Lipinski definition) is 1. The zero-order chi connectivity index (χ0) is 13.8. The van der Waals surface area contributed by atoms with Crippen LogP contribution in [0.1, 0.15) is 31.7 Å². The van der Waals surface area contributed by atoms with Gasteiger partial charge in [-0.1, -0.05) is 43.1 Å². The number of aromatic nitrogens is 2. The quantitative estimate of drug-likeness (QED) is 0.814. The molecular weight excluding hydrogens is 279 g/mol. The van der Waals surface area contributed by atoms with Crippen molar-refractivity contribution < 1.29 is 0 Å². The number of halogens is 2. The van der Waals surface area contributed by atoms with Crippen molar-refractivity contribution in [2.24, 2.45) is 5.92 Å². The molecule has 1 aromatic carbocycles. The molecule has 0 saturated heterocycles. The monoisotopic (exact) mass is 294 g/mol. The minimum absolute atomic E-state index is 0.392. The van der Waals surface area contributed by atoms with Crippen molar-refractivity contribution in [2.75, 3.05) is 0 Å². The fraction of sp³-hybridized carbons (Fsp3) is 0.267. The van der Waals surface area contributed by atoms with Crippen molar-refractivity contribution in [3.63, 3.8) is 0 Å². The Morgan fingerprint density at radius 1 is 1.42 bits per heavy atom. The molecule has 0 aliphatic carbocycles. The van der Waals surface area contributed by atoms with Crippen molar-refractivity contribution in [1.29, 1.82) is 0 Å². The van der Waals surface area contributed by atoms with Crippen LogP contribution in [0.4, 0.5) is 0 Å². The van der Waals surface area contributed by atoms with Gasteiger partial charge >= 0.3 is 0 Å². The summed E-state index contributed by atoms with van der Waals surface area (Å²) < 4.78 is 0. The van der Waals surface area contributed by atoms with E-state index in [1.807, 2.05) is 24.4 Å². The zero-order valence-electron chi connectivity index (χ0n) is 11.0. The molecule has 1 unspecified atom stereocenters. The first kappa shape index (κ1) is 14.2. The number of imidazole rings is 1. The summed E-state index contributed by atoms with van der Waals surface area (Å²) in [5.74, 6) is 1.23. The highest BCUT2D eigenvalue weighted by Gasteiger charge is 2.13. The van der Waals surface area contributed by atoms with Crippen LogP contribution in [-0.4, -0.2) is 9.97 Å². The molecule has 0 radical (unpaired) electrons. The van der Waals surface area contributed by atoms with Crippen LogP contribution in [0.3, 0.4) is 0 Å². The predicted octanol–water partition coefficient (Wildman–Crippen LogP) is 5.30. The van der Waals surface area contributed by atoms with Gasteiger partial charge in [-0.2, -0.15) is 0 Å². The van der Waals surface area contributed by atoms with Gasteiger partial charge in [0.1, 0.15) is 5.82 Å². The van der Waals surface area contributed by atoms with Gasteiger partial charge in [-0.05, 0) is 41.7 Å². The summed E-state index contributed by atoms with van der Waals surface area (Å²) in [6, 6.07) is 5.60. The Hall–Kier alpha value is -1.25. The number of aromatic amines is 1. The van der Waals surface area contributed by atoms with E-state index in [9.17, 15) is 0 Å². The minimum Gasteiger partial charge on any atom is -0.345 e. The average molecular weight is 295 g/mol. The molecule has 4 heteroatoms. The second-order valence-electron chi connectivity index (χ2n) is 4.51. The molecule has 0 spiro atoms. The van der Waals surface area contributed by atoms with E-state index in [0.717, 1.165) is 17.8 Å². The van der Waals surface area contributed by atoms with Crippen LogP contribution in [0.15, 0.2) is 30.6 Å². The van der Waals surface area contributed by atoms with Gasteiger partial charge in [-0.3, -0.25) is 0 Å². The van der Waals surface area contributed by atoms with Gasteiger partial charge in [0.2, 0.25) is 0 Å². The van der Waals surface area contributed by atoms with E-state index in [-0.39, 0.29) is 0 Å². The summed E-state index contributed by atoms with van der Waals surface area (Å²) in [5.41, 5.74) is 2.18. The zero-order valence-corrected chi connectivity index (χ0v) is 12.5. The molecule has 2 rings (SSSR count). The largest absolute Gasteiger partial charge is 0.345 e. The molecule has 0 aliphatic rings. The van der Waals surface area contributed by atoms with E-state index in [0.29, 0.717) is 16.0 Å². The van der Waals surface area contributed by atoms with Crippen LogP contribution in [0.5, 0.6) is 0 Å². The highest BCUT2D eigenvalue weighted by atomic mass is 35.5. The summed E-state index contributed by atoms with van der Waals surface area (Å²) in [6.07, 6.45) is 6.63. The number of rotatable bonds is 4. The lowest BCUT2D eigenvalue weighted by atomic mass is 9.91. The first-order valence-electron chi connectivity index (χ1n) is 6.28. The molecular formula is C15H16Cl2N2. The van der Waals surface area contributed by atoms with Gasteiger partial charge in [-0.15, -0.1) is 0 Å². The van der Waals surface area contributed by atoms with Crippen LogP contribution in [0.25, 0.3) is 11.6 Å². The lowest BCUT2D eigenvalue weighted by molar-refractivity contribution is 0.720. The molecule has 1 heterocycles. The molecule has 0 aliphatic heterocycles. The van der Waals surface area contributed by atoms with Crippen LogP contribution in [0, 0.1) is 5.92 Å². The third-order valence-electron chi connectivity index (χ3n) is 3.20. The number of H-pyrrole nitrogens is 1. The molecule has 2 nitrogen and oxygen atoms in total. The van der Waals surface area contributed by atoms with Crippen molar-refractivity contribution in [3.05, 3.63) is 52.0 Å². The third kappa shape index (κ3) is 3.40. The molecule has 0 bridgehead atoms. The van der Waals surface area contributed by atoms with E-state index in [4.69, 9.17) is 23.2 Å². The Labute approximate surface area is 123 Å². The molecule has 0 saturated carbocycles. The van der Waals surface area contributed by atoms with E-state index < -0.39 is 0 Å². The second-order valence-corrected chi connectivity index (χ2v) is 5.35. The lowest BCUT2D eigenvalue weighted by Gasteiger charge is -2.16. The van der Waals surface area contributed by atoms with Crippen molar-refractivity contribution >= 4 is 34.9 Å². The van der Waals surface area contributed by atoms with Crippen LogP contribution >= 0.6 is 23.2 Å². The normalized spacial score (nSPS) is 13.6. The highest BCUT2D eigenvalue weighted by molar-refractivity contribution is 6.35. The predicted molar refractivity (Wildman–Crippen MR) is 82.4 cm³/mol. The fourth-order valence-corrected chi connectivity index (χ4v) is 2.45. The maximum Gasteiger partial charge on any atom is 0.130 e. The maximum absolute atomic E-state index is 6.31. The molecule has 1 N–H and O–H groups in total.